The van der Waals surface area contributed by atoms with Crippen molar-refractivity contribution in [1.82, 2.24) is 0 Å². The molecule has 0 saturated carbocycles. The third-order valence-electron chi connectivity index (χ3n) is 0.481. The fraction of sp³-hybridized carbons (Fsp3) is 0.750. The van der Waals surface area contributed by atoms with Crippen molar-refractivity contribution >= 4 is 21.9 Å². The molecule has 0 bridgehead atoms. The lowest BCUT2D eigenvalue weighted by atomic mass is 10.7. The van der Waals surface area contributed by atoms with E-state index in [1.165, 1.54) is 0 Å². The van der Waals surface area contributed by atoms with Crippen molar-refractivity contribution in [2.45, 2.75) is 11.9 Å². The van der Waals surface area contributed by atoms with Crippen LogP contribution in [0.4, 0.5) is 0 Å². The van der Waals surface area contributed by atoms with Crippen molar-refractivity contribution in [2.75, 3.05) is 6.61 Å². The van der Waals surface area contributed by atoms with E-state index in [1.54, 1.807) is 6.92 Å². The van der Waals surface area contributed by atoms with Gasteiger partial charge in [0.2, 0.25) is 5.01 Å². The highest BCUT2D eigenvalue weighted by Crippen LogP contribution is 1.95. The Bertz CT molecular complexity index is 81.4. The Morgan fingerprint density at radius 1 is 2.00 bits per heavy atom. The molecule has 0 amide bonds. The molecule has 0 fully saturated rings. The second-order valence-corrected chi connectivity index (χ2v) is 1.96. The average molecular weight is 183 g/mol. The van der Waals surface area contributed by atoms with Crippen LogP contribution in [0.3, 0.4) is 0 Å². The number of aliphatic hydroxyl groups is 1. The van der Waals surface area contributed by atoms with E-state index in [0.717, 1.165) is 0 Å². The molecule has 0 aliphatic carbocycles. The largest absolute Gasteiger partial charge is 0.463 e. The number of alkyl halides is 1. The number of aliphatic hydroxyl groups excluding tert-OH is 1. The first-order chi connectivity index (χ1) is 3.68. The SMILES string of the molecule is CCOC(=O)C(O)Br. The predicted octanol–water partition coefficient (Wildman–Crippen LogP) is 0.263. The van der Waals surface area contributed by atoms with E-state index in [2.05, 4.69) is 20.7 Å². The van der Waals surface area contributed by atoms with Crippen molar-refractivity contribution in [3.05, 3.63) is 0 Å². The van der Waals surface area contributed by atoms with Crippen LogP contribution in [0.1, 0.15) is 6.92 Å². The maximum Gasteiger partial charge on any atom is 0.346 e. The zero-order chi connectivity index (χ0) is 6.57. The van der Waals surface area contributed by atoms with Gasteiger partial charge >= 0.3 is 5.97 Å². The number of rotatable bonds is 2. The Morgan fingerprint density at radius 2 is 2.50 bits per heavy atom. The fourth-order valence-corrected chi connectivity index (χ4v) is 0.343. The number of hydrogen-bond donors (Lipinski definition) is 1. The molecule has 4 heteroatoms. The summed E-state index contributed by atoms with van der Waals surface area (Å²) >= 11 is 2.62. The highest BCUT2D eigenvalue weighted by atomic mass is 79.9. The molecule has 0 aromatic rings. The lowest BCUT2D eigenvalue weighted by Gasteiger charge is -1.99. The van der Waals surface area contributed by atoms with E-state index < -0.39 is 11.0 Å². The first-order valence-electron chi connectivity index (χ1n) is 2.17. The van der Waals surface area contributed by atoms with Crippen molar-refractivity contribution in [2.24, 2.45) is 0 Å². The smallest absolute Gasteiger partial charge is 0.346 e. The maximum absolute atomic E-state index is 10.2. The second kappa shape index (κ2) is 3.86. The van der Waals surface area contributed by atoms with E-state index in [0.29, 0.717) is 6.61 Å². The lowest BCUT2D eigenvalue weighted by Crippen LogP contribution is -2.15. The highest BCUT2D eigenvalue weighted by molar-refractivity contribution is 9.09. The molecule has 0 saturated heterocycles. The molecule has 0 aromatic carbocycles. The standard InChI is InChI=1S/C4H7BrO3/c1-2-8-4(7)3(5)6/h3,6H,2H2,1H3. The summed E-state index contributed by atoms with van der Waals surface area (Å²) in [5.41, 5.74) is 0. The summed E-state index contributed by atoms with van der Waals surface area (Å²) in [6.07, 6.45) is 0. The van der Waals surface area contributed by atoms with E-state index in [4.69, 9.17) is 5.11 Å². The molecule has 0 spiro atoms. The van der Waals surface area contributed by atoms with Crippen molar-refractivity contribution in [3.8, 4) is 0 Å². The molecule has 0 aliphatic rings. The average Bonchev–Trinajstić information content (AvgIpc) is 1.67. The first-order valence-corrected chi connectivity index (χ1v) is 3.08. The molecule has 1 unspecified atom stereocenters. The molecule has 3 nitrogen and oxygen atoms in total. The van der Waals surface area contributed by atoms with Crippen LogP contribution in [-0.2, 0) is 9.53 Å². The molecule has 0 radical (unpaired) electrons. The molecule has 1 N–H and O–H groups in total. The summed E-state index contributed by atoms with van der Waals surface area (Å²) < 4.78 is 4.37. The van der Waals surface area contributed by atoms with Gasteiger partial charge in [-0.2, -0.15) is 0 Å². The molecule has 0 aliphatic heterocycles. The van der Waals surface area contributed by atoms with Crippen molar-refractivity contribution < 1.29 is 14.6 Å². The van der Waals surface area contributed by atoms with Crippen LogP contribution >= 0.6 is 15.9 Å². The monoisotopic (exact) mass is 182 g/mol. The normalized spacial score (nSPS) is 12.9. The van der Waals surface area contributed by atoms with Gasteiger partial charge in [0.15, 0.2) is 0 Å². The number of carbonyl (C=O) groups excluding carboxylic acids is 1. The van der Waals surface area contributed by atoms with Gasteiger partial charge in [0, 0.05) is 0 Å². The Balaban J connectivity index is 3.33. The lowest BCUT2D eigenvalue weighted by molar-refractivity contribution is -0.147. The fourth-order valence-electron chi connectivity index (χ4n) is 0.211. The van der Waals surface area contributed by atoms with E-state index in [9.17, 15) is 4.79 Å². The molecular weight excluding hydrogens is 176 g/mol. The Kier molecular flexibility index (Phi) is 3.81. The number of hydrogen-bond acceptors (Lipinski definition) is 3. The van der Waals surface area contributed by atoms with Crippen LogP contribution in [0.5, 0.6) is 0 Å². The minimum atomic E-state index is -1.18. The molecule has 0 rings (SSSR count). The third kappa shape index (κ3) is 2.98. The second-order valence-electron chi connectivity index (χ2n) is 1.09. The van der Waals surface area contributed by atoms with Gasteiger partial charge in [-0.25, -0.2) is 4.79 Å². The van der Waals surface area contributed by atoms with E-state index >= 15 is 0 Å². The minimum Gasteiger partial charge on any atom is -0.463 e. The van der Waals surface area contributed by atoms with Crippen LogP contribution in [0, 0.1) is 0 Å². The summed E-state index contributed by atoms with van der Waals surface area (Å²) in [6, 6.07) is 0. The molecule has 0 heterocycles. The molecule has 0 aromatic heterocycles. The van der Waals surface area contributed by atoms with Crippen LogP contribution in [0.15, 0.2) is 0 Å². The van der Waals surface area contributed by atoms with Gasteiger partial charge in [0.25, 0.3) is 0 Å². The number of esters is 1. The van der Waals surface area contributed by atoms with Gasteiger partial charge < -0.3 is 9.84 Å². The zero-order valence-corrected chi connectivity index (χ0v) is 6.01. The summed E-state index contributed by atoms with van der Waals surface area (Å²) in [6.45, 7) is 1.97. The molecule has 1 atom stereocenters. The number of carbonyl (C=O) groups is 1. The number of halogens is 1. The first kappa shape index (κ1) is 7.91. The van der Waals surface area contributed by atoms with Crippen LogP contribution in [0.2, 0.25) is 0 Å². The van der Waals surface area contributed by atoms with Crippen molar-refractivity contribution in [1.29, 1.82) is 0 Å². The van der Waals surface area contributed by atoms with Gasteiger partial charge in [-0.1, -0.05) is 0 Å². The Morgan fingerprint density at radius 3 is 2.62 bits per heavy atom. The predicted molar refractivity (Wildman–Crippen MR) is 31.6 cm³/mol. The maximum atomic E-state index is 10.2. The van der Waals surface area contributed by atoms with E-state index in [1.807, 2.05) is 0 Å². The van der Waals surface area contributed by atoms with E-state index in [-0.39, 0.29) is 0 Å². The van der Waals surface area contributed by atoms with Crippen LogP contribution < -0.4 is 0 Å². The zero-order valence-electron chi connectivity index (χ0n) is 4.43. The van der Waals surface area contributed by atoms with Gasteiger partial charge in [-0.15, -0.1) is 0 Å². The van der Waals surface area contributed by atoms with Crippen LogP contribution in [-0.4, -0.2) is 22.7 Å². The quantitative estimate of drug-likeness (QED) is 0.493. The third-order valence-corrected chi connectivity index (χ3v) is 0.855. The topological polar surface area (TPSA) is 46.5 Å². The van der Waals surface area contributed by atoms with Crippen molar-refractivity contribution in [3.63, 3.8) is 0 Å². The van der Waals surface area contributed by atoms with Gasteiger partial charge in [-0.3, -0.25) is 0 Å². The van der Waals surface area contributed by atoms with Gasteiger partial charge in [0.1, 0.15) is 0 Å². The summed E-state index contributed by atoms with van der Waals surface area (Å²) in [4.78, 5) is 10.2. The molecule has 8 heavy (non-hydrogen) atoms. The van der Waals surface area contributed by atoms with Gasteiger partial charge in [-0.05, 0) is 22.9 Å². The molecule has 48 valence electrons. The minimum absolute atomic E-state index is 0.293. The summed E-state index contributed by atoms with van der Waals surface area (Å²) in [5, 5.41) is 7.22. The van der Waals surface area contributed by atoms with Gasteiger partial charge in [0.05, 0.1) is 6.61 Å². The number of ether oxygens (including phenoxy) is 1. The summed E-state index contributed by atoms with van der Waals surface area (Å²) in [7, 11) is 0. The highest BCUT2D eigenvalue weighted by Gasteiger charge is 2.09. The summed E-state index contributed by atoms with van der Waals surface area (Å²) in [5.74, 6) is -0.646. The molecular formula is C4H7BrO3. The Hall–Kier alpha value is -0.0900. The van der Waals surface area contributed by atoms with Crippen LogP contribution in [0.25, 0.3) is 0 Å². The Labute approximate surface area is 55.8 Å².